The van der Waals surface area contributed by atoms with Crippen LogP contribution in [-0.4, -0.2) is 25.2 Å². The van der Waals surface area contributed by atoms with Gasteiger partial charge in [-0.25, -0.2) is 0 Å². The number of hydrogen-bond acceptors (Lipinski definition) is 3. The van der Waals surface area contributed by atoms with Gasteiger partial charge in [0, 0.05) is 6.04 Å². The van der Waals surface area contributed by atoms with Crippen LogP contribution >= 0.6 is 0 Å². The summed E-state index contributed by atoms with van der Waals surface area (Å²) >= 11 is 0. The summed E-state index contributed by atoms with van der Waals surface area (Å²) < 4.78 is 4.69. The fourth-order valence-electron chi connectivity index (χ4n) is 2.25. The third-order valence-electron chi connectivity index (χ3n) is 2.81. The molecular formula is C8H13NO2. The maximum atomic E-state index is 11.1. The van der Waals surface area contributed by atoms with Gasteiger partial charge in [-0.2, -0.15) is 0 Å². The van der Waals surface area contributed by atoms with E-state index < -0.39 is 0 Å². The predicted molar refractivity (Wildman–Crippen MR) is 40.1 cm³/mol. The van der Waals surface area contributed by atoms with Gasteiger partial charge in [0.25, 0.3) is 0 Å². The summed E-state index contributed by atoms with van der Waals surface area (Å²) in [5, 5.41) is 3.27. The number of carbonyl (C=O) groups excluding carboxylic acids is 1. The molecule has 0 aromatic carbocycles. The minimum absolute atomic E-state index is 0.00116. The SMILES string of the molecule is COC(=O)[C@@H]1NC2CCC1C2. The molecule has 1 N–H and O–H groups in total. The molecule has 1 aliphatic carbocycles. The number of rotatable bonds is 1. The van der Waals surface area contributed by atoms with Gasteiger partial charge in [-0.1, -0.05) is 0 Å². The van der Waals surface area contributed by atoms with Gasteiger partial charge in [-0.3, -0.25) is 4.79 Å². The minimum Gasteiger partial charge on any atom is -0.468 e. The molecular weight excluding hydrogens is 142 g/mol. The second kappa shape index (κ2) is 2.48. The van der Waals surface area contributed by atoms with Crippen LogP contribution in [0.5, 0.6) is 0 Å². The molecule has 0 amide bonds. The molecule has 2 aliphatic rings. The van der Waals surface area contributed by atoms with Gasteiger partial charge in [0.05, 0.1) is 7.11 Å². The summed E-state index contributed by atoms with van der Waals surface area (Å²) in [7, 11) is 1.45. The van der Waals surface area contributed by atoms with Crippen molar-refractivity contribution < 1.29 is 9.53 Å². The molecule has 3 heteroatoms. The molecule has 1 aliphatic heterocycles. The Balaban J connectivity index is 2.02. The zero-order valence-electron chi connectivity index (χ0n) is 6.67. The first-order valence-electron chi connectivity index (χ1n) is 4.15. The number of methoxy groups -OCH3 is 1. The highest BCUT2D eigenvalue weighted by Gasteiger charge is 2.43. The Morgan fingerprint density at radius 1 is 1.55 bits per heavy atom. The first-order valence-corrected chi connectivity index (χ1v) is 4.15. The lowest BCUT2D eigenvalue weighted by Crippen LogP contribution is -2.42. The number of ether oxygens (including phenoxy) is 1. The molecule has 0 aromatic rings. The normalized spacial score (nSPS) is 41.0. The first-order chi connectivity index (χ1) is 5.31. The molecule has 2 rings (SSSR count). The zero-order chi connectivity index (χ0) is 7.84. The van der Waals surface area contributed by atoms with Crippen molar-refractivity contribution in [1.29, 1.82) is 0 Å². The van der Waals surface area contributed by atoms with Gasteiger partial charge in [0.1, 0.15) is 6.04 Å². The number of piperidine rings is 1. The van der Waals surface area contributed by atoms with E-state index in [2.05, 4.69) is 10.1 Å². The Morgan fingerprint density at radius 3 is 2.82 bits per heavy atom. The Kier molecular flexibility index (Phi) is 1.60. The van der Waals surface area contributed by atoms with Gasteiger partial charge in [-0.05, 0) is 25.2 Å². The molecule has 1 saturated heterocycles. The van der Waals surface area contributed by atoms with Gasteiger partial charge in [-0.15, -0.1) is 0 Å². The molecule has 2 fully saturated rings. The highest BCUT2D eigenvalue weighted by molar-refractivity contribution is 5.76. The lowest BCUT2D eigenvalue weighted by atomic mass is 10.0. The van der Waals surface area contributed by atoms with Crippen LogP contribution in [0.4, 0.5) is 0 Å². The smallest absolute Gasteiger partial charge is 0.323 e. The van der Waals surface area contributed by atoms with E-state index in [0.29, 0.717) is 12.0 Å². The number of hydrogen-bond donors (Lipinski definition) is 1. The summed E-state index contributed by atoms with van der Waals surface area (Å²) in [6.07, 6.45) is 3.59. The quantitative estimate of drug-likeness (QED) is 0.553. The molecule has 1 heterocycles. The maximum Gasteiger partial charge on any atom is 0.323 e. The Bertz CT molecular complexity index is 181. The van der Waals surface area contributed by atoms with E-state index in [4.69, 9.17) is 0 Å². The molecule has 2 bridgehead atoms. The Morgan fingerprint density at radius 2 is 2.36 bits per heavy atom. The van der Waals surface area contributed by atoms with Crippen LogP contribution in [0.15, 0.2) is 0 Å². The lowest BCUT2D eigenvalue weighted by Gasteiger charge is -2.20. The minimum atomic E-state index is -0.0859. The van der Waals surface area contributed by atoms with Crippen molar-refractivity contribution >= 4 is 5.97 Å². The molecule has 2 unspecified atom stereocenters. The highest BCUT2D eigenvalue weighted by Crippen LogP contribution is 2.35. The number of nitrogens with one attached hydrogen (secondary N) is 1. The summed E-state index contributed by atoms with van der Waals surface area (Å²) in [5.74, 6) is 0.463. The van der Waals surface area contributed by atoms with Gasteiger partial charge in [0.15, 0.2) is 0 Å². The van der Waals surface area contributed by atoms with Crippen molar-refractivity contribution in [3.8, 4) is 0 Å². The van der Waals surface area contributed by atoms with Gasteiger partial charge >= 0.3 is 5.97 Å². The number of fused-ring (bicyclic) bond motifs is 2. The summed E-state index contributed by atoms with van der Waals surface area (Å²) in [6, 6.07) is 0.586. The Labute approximate surface area is 66.1 Å². The van der Waals surface area contributed by atoms with Gasteiger partial charge in [0.2, 0.25) is 0 Å². The maximum absolute atomic E-state index is 11.1. The van der Waals surface area contributed by atoms with Crippen LogP contribution < -0.4 is 5.32 Å². The van der Waals surface area contributed by atoms with E-state index in [0.717, 1.165) is 0 Å². The van der Waals surface area contributed by atoms with Crippen molar-refractivity contribution in [3.05, 3.63) is 0 Å². The molecule has 0 spiro atoms. The largest absolute Gasteiger partial charge is 0.468 e. The number of carbonyl (C=O) groups is 1. The van der Waals surface area contributed by atoms with E-state index in [-0.39, 0.29) is 12.0 Å². The third kappa shape index (κ3) is 1.03. The van der Waals surface area contributed by atoms with E-state index in [1.807, 2.05) is 0 Å². The Hall–Kier alpha value is -0.570. The topological polar surface area (TPSA) is 38.3 Å². The lowest BCUT2D eigenvalue weighted by molar-refractivity contribution is -0.144. The van der Waals surface area contributed by atoms with Crippen LogP contribution in [0.1, 0.15) is 19.3 Å². The van der Waals surface area contributed by atoms with E-state index in [1.165, 1.54) is 26.4 Å². The van der Waals surface area contributed by atoms with Gasteiger partial charge < -0.3 is 10.1 Å². The molecule has 11 heavy (non-hydrogen) atoms. The first kappa shape index (κ1) is 7.10. The molecule has 3 atom stereocenters. The second-order valence-corrected chi connectivity index (χ2v) is 3.44. The van der Waals surface area contributed by atoms with Crippen LogP contribution in [0, 0.1) is 5.92 Å². The highest BCUT2D eigenvalue weighted by atomic mass is 16.5. The van der Waals surface area contributed by atoms with E-state index >= 15 is 0 Å². The predicted octanol–water partition coefficient (Wildman–Crippen LogP) is 0.300. The monoisotopic (exact) mass is 155 g/mol. The molecule has 3 nitrogen and oxygen atoms in total. The molecule has 1 saturated carbocycles. The van der Waals surface area contributed by atoms with Crippen LogP contribution in [-0.2, 0) is 9.53 Å². The average molecular weight is 155 g/mol. The van der Waals surface area contributed by atoms with Crippen molar-refractivity contribution in [2.45, 2.75) is 31.3 Å². The summed E-state index contributed by atoms with van der Waals surface area (Å²) in [6.45, 7) is 0. The van der Waals surface area contributed by atoms with E-state index in [1.54, 1.807) is 0 Å². The van der Waals surface area contributed by atoms with E-state index in [9.17, 15) is 4.79 Å². The fraction of sp³-hybridized carbons (Fsp3) is 0.875. The van der Waals surface area contributed by atoms with Crippen molar-refractivity contribution in [2.75, 3.05) is 7.11 Å². The molecule has 0 radical (unpaired) electrons. The zero-order valence-corrected chi connectivity index (χ0v) is 6.67. The summed E-state index contributed by atoms with van der Waals surface area (Å²) in [4.78, 5) is 11.1. The number of esters is 1. The second-order valence-electron chi connectivity index (χ2n) is 3.44. The van der Waals surface area contributed by atoms with Crippen LogP contribution in [0.3, 0.4) is 0 Å². The van der Waals surface area contributed by atoms with Crippen molar-refractivity contribution in [2.24, 2.45) is 5.92 Å². The fourth-order valence-corrected chi connectivity index (χ4v) is 2.25. The van der Waals surface area contributed by atoms with Crippen LogP contribution in [0.2, 0.25) is 0 Å². The summed E-state index contributed by atoms with van der Waals surface area (Å²) in [5.41, 5.74) is 0. The molecule has 0 aromatic heterocycles. The van der Waals surface area contributed by atoms with Crippen LogP contribution in [0.25, 0.3) is 0 Å². The molecule has 62 valence electrons. The van der Waals surface area contributed by atoms with Crippen molar-refractivity contribution in [3.63, 3.8) is 0 Å². The third-order valence-corrected chi connectivity index (χ3v) is 2.81. The van der Waals surface area contributed by atoms with Crippen molar-refractivity contribution in [1.82, 2.24) is 5.32 Å². The standard InChI is InChI=1S/C8H13NO2/c1-11-8(10)7-5-2-3-6(4-5)9-7/h5-7,9H,2-4H2,1H3/t5?,6?,7-/m1/s1. The average Bonchev–Trinajstić information content (AvgIpc) is 2.62.